The van der Waals surface area contributed by atoms with Gasteiger partial charge < -0.3 is 5.32 Å². The Hall–Kier alpha value is -0.960. The highest BCUT2D eigenvalue weighted by molar-refractivity contribution is 5.17. The van der Waals surface area contributed by atoms with Crippen LogP contribution in [0.1, 0.15) is 51.1 Å². The molecule has 2 atom stereocenters. The number of hydrogen-bond donors (Lipinski definition) is 1. The van der Waals surface area contributed by atoms with E-state index in [4.69, 9.17) is 0 Å². The van der Waals surface area contributed by atoms with Crippen molar-refractivity contribution in [3.05, 3.63) is 29.8 Å². The minimum absolute atomic E-state index is 0.198. The van der Waals surface area contributed by atoms with Crippen LogP contribution in [0.2, 0.25) is 0 Å². The Morgan fingerprint density at radius 1 is 1.39 bits per heavy atom. The maximum absolute atomic E-state index is 13.3. The van der Waals surface area contributed by atoms with Gasteiger partial charge in [-0.1, -0.05) is 26.7 Å². The van der Waals surface area contributed by atoms with Crippen molar-refractivity contribution in [3.63, 3.8) is 0 Å². The highest BCUT2D eigenvalue weighted by Crippen LogP contribution is 2.46. The molecule has 100 valence electrons. The van der Waals surface area contributed by atoms with Gasteiger partial charge in [0.05, 0.1) is 6.20 Å². The van der Waals surface area contributed by atoms with Crippen LogP contribution in [-0.4, -0.2) is 12.0 Å². The predicted octanol–water partition coefficient (Wildman–Crippen LogP) is 3.70. The molecule has 0 saturated heterocycles. The van der Waals surface area contributed by atoms with E-state index in [1.807, 2.05) is 7.05 Å². The molecule has 2 rings (SSSR count). The number of rotatable bonds is 3. The van der Waals surface area contributed by atoms with Gasteiger partial charge in [0, 0.05) is 12.2 Å². The molecule has 1 N–H and O–H groups in total. The van der Waals surface area contributed by atoms with Gasteiger partial charge in [-0.15, -0.1) is 0 Å². The number of halogens is 1. The molecular weight excluding hydrogens is 227 g/mol. The highest BCUT2D eigenvalue weighted by atomic mass is 19.1. The second kappa shape index (κ2) is 5.35. The van der Waals surface area contributed by atoms with E-state index in [2.05, 4.69) is 24.1 Å². The lowest BCUT2D eigenvalue weighted by molar-refractivity contribution is 0.101. The Labute approximate surface area is 109 Å². The van der Waals surface area contributed by atoms with Gasteiger partial charge in [-0.2, -0.15) is 0 Å². The van der Waals surface area contributed by atoms with Crippen molar-refractivity contribution < 1.29 is 4.39 Å². The smallest absolute Gasteiger partial charge is 0.141 e. The fourth-order valence-electron chi connectivity index (χ4n) is 3.34. The fourth-order valence-corrected chi connectivity index (χ4v) is 3.34. The van der Waals surface area contributed by atoms with E-state index in [1.54, 1.807) is 12.3 Å². The first-order valence-corrected chi connectivity index (χ1v) is 6.82. The van der Waals surface area contributed by atoms with Crippen LogP contribution in [0.15, 0.2) is 18.5 Å². The molecule has 0 aliphatic heterocycles. The van der Waals surface area contributed by atoms with E-state index < -0.39 is 0 Å². The van der Waals surface area contributed by atoms with Crippen molar-refractivity contribution in [1.29, 1.82) is 0 Å². The van der Waals surface area contributed by atoms with E-state index in [9.17, 15) is 4.39 Å². The summed E-state index contributed by atoms with van der Waals surface area (Å²) in [6.07, 6.45) is 8.08. The van der Waals surface area contributed by atoms with Gasteiger partial charge in [0.2, 0.25) is 0 Å². The van der Waals surface area contributed by atoms with Crippen molar-refractivity contribution >= 4 is 0 Å². The standard InChI is InChI=1S/C15H23FN2/c1-15(2)7-5-4-6-13(15)14(17-3)11-8-12(16)10-18-9-11/h8-10,13-14,17H,4-7H2,1-3H3. The van der Waals surface area contributed by atoms with Gasteiger partial charge in [0.1, 0.15) is 5.82 Å². The maximum atomic E-state index is 13.3. The molecule has 0 aromatic carbocycles. The molecule has 0 radical (unpaired) electrons. The van der Waals surface area contributed by atoms with Crippen LogP contribution < -0.4 is 5.32 Å². The SMILES string of the molecule is CNC(c1cncc(F)c1)C1CCCCC1(C)C. The van der Waals surface area contributed by atoms with Gasteiger partial charge in [-0.25, -0.2) is 4.39 Å². The number of nitrogens with zero attached hydrogens (tertiary/aromatic N) is 1. The molecule has 3 heteroatoms. The second-order valence-electron chi connectivity index (χ2n) is 6.04. The third-order valence-corrected chi connectivity index (χ3v) is 4.39. The molecule has 1 aromatic heterocycles. The molecule has 1 aliphatic rings. The molecule has 1 saturated carbocycles. The number of pyridine rings is 1. The Bertz CT molecular complexity index is 403. The van der Waals surface area contributed by atoms with E-state index >= 15 is 0 Å². The van der Waals surface area contributed by atoms with E-state index in [0.717, 1.165) is 5.56 Å². The molecule has 18 heavy (non-hydrogen) atoms. The van der Waals surface area contributed by atoms with E-state index in [-0.39, 0.29) is 11.9 Å². The first-order chi connectivity index (χ1) is 8.54. The van der Waals surface area contributed by atoms with E-state index in [0.29, 0.717) is 11.3 Å². The summed E-state index contributed by atoms with van der Waals surface area (Å²) in [6, 6.07) is 1.81. The molecule has 0 amide bonds. The zero-order valence-corrected chi connectivity index (χ0v) is 11.5. The molecule has 1 heterocycles. The summed E-state index contributed by atoms with van der Waals surface area (Å²) in [5, 5.41) is 3.36. The summed E-state index contributed by atoms with van der Waals surface area (Å²) in [5.41, 5.74) is 1.27. The van der Waals surface area contributed by atoms with E-state index in [1.165, 1.54) is 31.9 Å². The Morgan fingerprint density at radius 2 is 2.17 bits per heavy atom. The average molecular weight is 250 g/mol. The van der Waals surface area contributed by atoms with Crippen molar-refractivity contribution in [2.45, 2.75) is 45.6 Å². The summed E-state index contributed by atoms with van der Waals surface area (Å²) in [4.78, 5) is 3.98. The summed E-state index contributed by atoms with van der Waals surface area (Å²) in [6.45, 7) is 4.65. The minimum Gasteiger partial charge on any atom is -0.313 e. The molecular formula is C15H23FN2. The minimum atomic E-state index is -0.249. The lowest BCUT2D eigenvalue weighted by Crippen LogP contribution is -2.37. The van der Waals surface area contributed by atoms with Crippen LogP contribution in [0.25, 0.3) is 0 Å². The second-order valence-corrected chi connectivity index (χ2v) is 6.04. The third kappa shape index (κ3) is 2.72. The normalized spacial score (nSPS) is 24.8. The molecule has 2 nitrogen and oxygen atoms in total. The zero-order valence-electron chi connectivity index (χ0n) is 11.5. The Kier molecular flexibility index (Phi) is 4.00. The van der Waals surface area contributed by atoms with Gasteiger partial charge >= 0.3 is 0 Å². The third-order valence-electron chi connectivity index (χ3n) is 4.39. The van der Waals surface area contributed by atoms with Crippen molar-refractivity contribution in [2.75, 3.05) is 7.05 Å². The lowest BCUT2D eigenvalue weighted by Gasteiger charge is -2.43. The summed E-state index contributed by atoms with van der Waals surface area (Å²) in [5.74, 6) is 0.293. The van der Waals surface area contributed by atoms with Crippen LogP contribution >= 0.6 is 0 Å². The quantitative estimate of drug-likeness (QED) is 0.884. The Morgan fingerprint density at radius 3 is 2.78 bits per heavy atom. The summed E-state index contributed by atoms with van der Waals surface area (Å²) in [7, 11) is 1.96. The van der Waals surface area contributed by atoms with Crippen molar-refractivity contribution in [3.8, 4) is 0 Å². The van der Waals surface area contributed by atoms with Crippen LogP contribution in [0.5, 0.6) is 0 Å². The number of aromatic nitrogens is 1. The molecule has 0 bridgehead atoms. The van der Waals surface area contributed by atoms with Gasteiger partial charge in [-0.05, 0) is 42.9 Å². The topological polar surface area (TPSA) is 24.9 Å². The van der Waals surface area contributed by atoms with Crippen LogP contribution in [0.4, 0.5) is 4.39 Å². The molecule has 0 spiro atoms. The summed E-state index contributed by atoms with van der Waals surface area (Å²) < 4.78 is 13.3. The first-order valence-electron chi connectivity index (χ1n) is 6.82. The van der Waals surface area contributed by atoms with Crippen LogP contribution in [-0.2, 0) is 0 Å². The molecule has 2 unspecified atom stereocenters. The first kappa shape index (κ1) is 13.5. The van der Waals surface area contributed by atoms with Gasteiger partial charge in [-0.3, -0.25) is 4.98 Å². The molecule has 1 fully saturated rings. The highest BCUT2D eigenvalue weighted by Gasteiger charge is 2.37. The van der Waals surface area contributed by atoms with Crippen LogP contribution in [0, 0.1) is 17.2 Å². The fraction of sp³-hybridized carbons (Fsp3) is 0.667. The number of nitrogens with one attached hydrogen (secondary N) is 1. The largest absolute Gasteiger partial charge is 0.313 e. The van der Waals surface area contributed by atoms with Crippen molar-refractivity contribution in [1.82, 2.24) is 10.3 Å². The lowest BCUT2D eigenvalue weighted by atomic mass is 9.65. The molecule has 1 aromatic rings. The Balaban J connectivity index is 2.27. The monoisotopic (exact) mass is 250 g/mol. The maximum Gasteiger partial charge on any atom is 0.141 e. The summed E-state index contributed by atoms with van der Waals surface area (Å²) >= 11 is 0. The van der Waals surface area contributed by atoms with Gasteiger partial charge in [0.25, 0.3) is 0 Å². The predicted molar refractivity (Wildman–Crippen MR) is 71.7 cm³/mol. The average Bonchev–Trinajstić information content (AvgIpc) is 2.32. The van der Waals surface area contributed by atoms with Gasteiger partial charge in [0.15, 0.2) is 0 Å². The van der Waals surface area contributed by atoms with Crippen molar-refractivity contribution in [2.24, 2.45) is 11.3 Å². The van der Waals surface area contributed by atoms with Crippen LogP contribution in [0.3, 0.4) is 0 Å². The molecule has 1 aliphatic carbocycles. The number of hydrogen-bond acceptors (Lipinski definition) is 2. The zero-order chi connectivity index (χ0) is 13.2.